The van der Waals surface area contributed by atoms with E-state index >= 15 is 0 Å². The Morgan fingerprint density at radius 3 is 1.53 bits per heavy atom. The summed E-state index contributed by atoms with van der Waals surface area (Å²) in [4.78, 5) is 7.51. The van der Waals surface area contributed by atoms with Gasteiger partial charge in [0.1, 0.15) is 0 Å². The van der Waals surface area contributed by atoms with Crippen molar-refractivity contribution in [3.05, 3.63) is 241 Å². The smallest absolute Gasteiger partial charge is 0.0755 e. The fraction of sp³-hybridized carbons (Fsp3) is 0.0182. The molecule has 58 heavy (non-hydrogen) atoms. The van der Waals surface area contributed by atoms with Crippen LogP contribution in [0.3, 0.4) is 0 Å². The van der Waals surface area contributed by atoms with Crippen LogP contribution in [0.2, 0.25) is 0 Å². The van der Waals surface area contributed by atoms with Crippen LogP contribution in [0.5, 0.6) is 0 Å². The van der Waals surface area contributed by atoms with E-state index in [1.54, 1.807) is 0 Å². The summed E-state index contributed by atoms with van der Waals surface area (Å²) in [5.41, 5.74) is 19.2. The maximum absolute atomic E-state index is 2.52. The fourth-order valence-electron chi connectivity index (χ4n) is 9.79. The molecule has 0 radical (unpaired) electrons. The highest BCUT2D eigenvalue weighted by molar-refractivity contribution is 7.99. The van der Waals surface area contributed by atoms with Crippen LogP contribution in [0.4, 0.5) is 34.1 Å². The monoisotopic (exact) mass is 756 g/mol. The van der Waals surface area contributed by atoms with Gasteiger partial charge in [-0.25, -0.2) is 0 Å². The zero-order valence-electron chi connectivity index (χ0n) is 31.6. The number of hydrogen-bond donors (Lipinski definition) is 0. The lowest BCUT2D eigenvalue weighted by Crippen LogP contribution is -2.37. The Kier molecular flexibility index (Phi) is 7.41. The van der Waals surface area contributed by atoms with Crippen molar-refractivity contribution in [2.75, 3.05) is 9.80 Å². The second-order valence-corrected chi connectivity index (χ2v) is 16.3. The topological polar surface area (TPSA) is 6.48 Å². The molecular formula is C55H36N2S. The van der Waals surface area contributed by atoms with Gasteiger partial charge in [0.05, 0.1) is 22.5 Å². The van der Waals surface area contributed by atoms with E-state index < -0.39 is 5.41 Å². The summed E-state index contributed by atoms with van der Waals surface area (Å²) in [6.45, 7) is 0. The summed E-state index contributed by atoms with van der Waals surface area (Å²) >= 11 is 1.88. The van der Waals surface area contributed by atoms with Crippen LogP contribution in [-0.2, 0) is 5.41 Å². The van der Waals surface area contributed by atoms with E-state index in [9.17, 15) is 0 Å². The van der Waals surface area contributed by atoms with Gasteiger partial charge in [0.2, 0.25) is 0 Å². The molecule has 3 aliphatic rings. The van der Waals surface area contributed by atoms with Crippen LogP contribution in [0.15, 0.2) is 228 Å². The van der Waals surface area contributed by atoms with Gasteiger partial charge in [0, 0.05) is 26.9 Å². The average Bonchev–Trinajstić information content (AvgIpc) is 3.58. The average molecular weight is 757 g/mol. The first kappa shape index (κ1) is 33.1. The molecule has 0 amide bonds. The number of benzene rings is 9. The Hall–Kier alpha value is -7.07. The number of hydrogen-bond acceptors (Lipinski definition) is 3. The Balaban J connectivity index is 1.09. The van der Waals surface area contributed by atoms with Crippen molar-refractivity contribution in [1.82, 2.24) is 0 Å². The van der Waals surface area contributed by atoms with Crippen molar-refractivity contribution in [3.8, 4) is 33.4 Å². The first-order valence-corrected chi connectivity index (χ1v) is 20.7. The van der Waals surface area contributed by atoms with E-state index in [4.69, 9.17) is 0 Å². The van der Waals surface area contributed by atoms with Gasteiger partial charge < -0.3 is 9.80 Å². The summed E-state index contributed by atoms with van der Waals surface area (Å²) < 4.78 is 0. The van der Waals surface area contributed by atoms with E-state index in [-0.39, 0.29) is 0 Å². The summed E-state index contributed by atoms with van der Waals surface area (Å²) in [5.74, 6) is 0. The Morgan fingerprint density at radius 1 is 0.345 bits per heavy atom. The molecular weight excluding hydrogens is 721 g/mol. The summed E-state index contributed by atoms with van der Waals surface area (Å²) in [6.07, 6.45) is 0. The minimum absolute atomic E-state index is 0.535. The predicted octanol–water partition coefficient (Wildman–Crippen LogP) is 15.1. The Morgan fingerprint density at radius 2 is 0.845 bits per heavy atom. The first-order chi connectivity index (χ1) is 28.8. The lowest BCUT2D eigenvalue weighted by atomic mass is 9.64. The molecule has 0 bridgehead atoms. The van der Waals surface area contributed by atoms with Crippen molar-refractivity contribution in [2.24, 2.45) is 0 Å². The highest BCUT2D eigenvalue weighted by atomic mass is 32.2. The molecule has 9 aromatic rings. The number of fused-ring (bicyclic) bond motifs is 11. The lowest BCUT2D eigenvalue weighted by molar-refractivity contribution is 0.746. The van der Waals surface area contributed by atoms with Gasteiger partial charge in [0.15, 0.2) is 0 Å². The van der Waals surface area contributed by atoms with Gasteiger partial charge in [0.25, 0.3) is 0 Å². The van der Waals surface area contributed by atoms with E-state index in [2.05, 4.69) is 228 Å². The third-order valence-corrected chi connectivity index (χ3v) is 13.4. The van der Waals surface area contributed by atoms with E-state index in [0.29, 0.717) is 0 Å². The van der Waals surface area contributed by atoms with Crippen molar-refractivity contribution in [1.29, 1.82) is 0 Å². The van der Waals surface area contributed by atoms with Gasteiger partial charge in [-0.05, 0) is 116 Å². The van der Waals surface area contributed by atoms with Crippen LogP contribution in [0.25, 0.3) is 33.4 Å². The van der Waals surface area contributed by atoms with Crippen LogP contribution >= 0.6 is 11.8 Å². The molecule has 1 unspecified atom stereocenters. The molecule has 1 spiro atoms. The maximum atomic E-state index is 2.52. The van der Waals surface area contributed by atoms with Crippen molar-refractivity contribution in [2.45, 2.75) is 15.2 Å². The molecule has 0 saturated carbocycles. The van der Waals surface area contributed by atoms with Crippen molar-refractivity contribution < 1.29 is 0 Å². The highest BCUT2D eigenvalue weighted by Gasteiger charge is 2.53. The molecule has 2 heterocycles. The van der Waals surface area contributed by atoms with E-state index in [1.165, 1.54) is 82.5 Å². The standard InChI is InChI=1S/C55H36N2S/c1-3-14-37(15-4-1)39-26-30-41(31-27-39)56(42-32-28-40(29-33-42)38-16-5-2-6-17-38)43-34-35-45-44-18-7-8-19-46(44)55(49(45)36-43)47-20-9-10-22-50(47)57-51-23-11-12-24-52(51)58-53-25-13-21-48(55)54(53)57/h1-36H. The van der Waals surface area contributed by atoms with Gasteiger partial charge in [-0.1, -0.05) is 169 Å². The minimum Gasteiger partial charge on any atom is -0.310 e. The van der Waals surface area contributed by atoms with Crippen molar-refractivity contribution in [3.63, 3.8) is 0 Å². The number of para-hydroxylation sites is 3. The molecule has 0 saturated heterocycles. The van der Waals surface area contributed by atoms with Gasteiger partial charge in [-0.15, -0.1) is 0 Å². The van der Waals surface area contributed by atoms with E-state index in [1.807, 2.05) is 11.8 Å². The summed E-state index contributed by atoms with van der Waals surface area (Å²) in [5, 5.41) is 0. The molecule has 1 atom stereocenters. The lowest BCUT2D eigenvalue weighted by Gasteiger charge is -2.47. The van der Waals surface area contributed by atoms with Gasteiger partial charge >= 0.3 is 0 Å². The van der Waals surface area contributed by atoms with Crippen molar-refractivity contribution >= 4 is 45.9 Å². The van der Waals surface area contributed by atoms with Gasteiger partial charge in [-0.2, -0.15) is 0 Å². The summed E-state index contributed by atoms with van der Waals surface area (Å²) in [7, 11) is 0. The SMILES string of the molecule is c1ccc(-c2ccc(N(c3ccc(-c4ccccc4)cc3)c3ccc4c(c3)C3(c5ccccc5-4)c4ccccc4N4c5ccccc5Sc5cccc3c54)cc2)cc1. The number of rotatable bonds is 5. The third kappa shape index (κ3) is 4.81. The first-order valence-electron chi connectivity index (χ1n) is 19.9. The maximum Gasteiger partial charge on any atom is 0.0755 e. The zero-order valence-corrected chi connectivity index (χ0v) is 32.4. The van der Waals surface area contributed by atoms with E-state index in [0.717, 1.165) is 17.1 Å². The molecule has 3 heteroatoms. The van der Waals surface area contributed by atoms with Crippen LogP contribution in [-0.4, -0.2) is 0 Å². The Labute approximate surface area is 343 Å². The molecule has 1 aliphatic carbocycles. The predicted molar refractivity (Wildman–Crippen MR) is 242 cm³/mol. The second kappa shape index (κ2) is 13.0. The largest absolute Gasteiger partial charge is 0.310 e. The third-order valence-electron chi connectivity index (χ3n) is 12.3. The zero-order chi connectivity index (χ0) is 38.2. The molecule has 9 aromatic carbocycles. The molecule has 0 fully saturated rings. The minimum atomic E-state index is -0.535. The summed E-state index contributed by atoms with van der Waals surface area (Å²) in [6, 6.07) is 80.5. The van der Waals surface area contributed by atoms with Gasteiger partial charge in [-0.3, -0.25) is 0 Å². The number of nitrogens with zero attached hydrogens (tertiary/aromatic N) is 2. The second-order valence-electron chi connectivity index (χ2n) is 15.3. The quantitative estimate of drug-likeness (QED) is 0.173. The fourth-order valence-corrected chi connectivity index (χ4v) is 10.9. The number of anilines is 6. The molecule has 2 aliphatic heterocycles. The molecule has 272 valence electrons. The highest BCUT2D eigenvalue weighted by Crippen LogP contribution is 2.67. The normalized spacial score (nSPS) is 15.2. The Bertz CT molecular complexity index is 2950. The molecule has 0 aromatic heterocycles. The van der Waals surface area contributed by atoms with Crippen LogP contribution in [0, 0.1) is 0 Å². The molecule has 0 N–H and O–H groups in total. The molecule has 2 nitrogen and oxygen atoms in total. The van der Waals surface area contributed by atoms with Crippen LogP contribution in [0.1, 0.15) is 22.3 Å². The molecule has 12 rings (SSSR count). The van der Waals surface area contributed by atoms with Crippen LogP contribution < -0.4 is 9.80 Å².